The molecule has 3 rings (SSSR count). The highest BCUT2D eigenvalue weighted by molar-refractivity contribution is 9.10. The van der Waals surface area contributed by atoms with Gasteiger partial charge in [-0.1, -0.05) is 24.3 Å². The van der Waals surface area contributed by atoms with Crippen LogP contribution >= 0.6 is 15.9 Å². The van der Waals surface area contributed by atoms with Crippen LogP contribution in [0.25, 0.3) is 0 Å². The minimum atomic E-state index is -0.957. The number of carbonyl (C=O) groups is 3. The molecule has 2 N–H and O–H groups in total. The maximum atomic E-state index is 12.5. The number of nitrogens with zero attached hydrogens (tertiary/aromatic N) is 1. The molecule has 0 saturated carbocycles. The summed E-state index contributed by atoms with van der Waals surface area (Å²) in [7, 11) is 2.89. The lowest BCUT2D eigenvalue weighted by atomic mass is 10.1. The average Bonchev–Trinajstić information content (AvgIpc) is 2.87. The van der Waals surface area contributed by atoms with Crippen LogP contribution in [0.4, 0.5) is 5.69 Å². The smallest absolute Gasteiger partial charge is 0.344 e. The fourth-order valence-electron chi connectivity index (χ4n) is 2.94. The van der Waals surface area contributed by atoms with Gasteiger partial charge < -0.3 is 19.5 Å². The third-order valence-electron chi connectivity index (χ3n) is 4.76. The predicted molar refractivity (Wildman–Crippen MR) is 134 cm³/mol. The van der Waals surface area contributed by atoms with Crippen molar-refractivity contribution in [1.29, 1.82) is 0 Å². The highest BCUT2D eigenvalue weighted by atomic mass is 79.9. The van der Waals surface area contributed by atoms with Gasteiger partial charge in [0.2, 0.25) is 0 Å². The molecular formula is C25H22BrN3O6. The first kappa shape index (κ1) is 25.4. The van der Waals surface area contributed by atoms with Crippen LogP contribution in [-0.2, 0) is 9.59 Å². The van der Waals surface area contributed by atoms with Crippen molar-refractivity contribution in [2.24, 2.45) is 5.10 Å². The molecule has 3 aromatic carbocycles. The molecule has 9 nitrogen and oxygen atoms in total. The molecular weight excluding hydrogens is 518 g/mol. The van der Waals surface area contributed by atoms with Crippen molar-refractivity contribution < 1.29 is 28.6 Å². The van der Waals surface area contributed by atoms with Gasteiger partial charge in [0.05, 0.1) is 31.2 Å². The van der Waals surface area contributed by atoms with E-state index in [1.165, 1.54) is 14.2 Å². The number of ether oxygens (including phenoxy) is 3. The number of benzene rings is 3. The molecule has 0 unspecified atom stereocenters. The second-order valence-corrected chi connectivity index (χ2v) is 7.88. The fraction of sp³-hybridized carbons (Fsp3) is 0.120. The molecule has 0 spiro atoms. The Morgan fingerprint density at radius 2 is 1.51 bits per heavy atom. The molecule has 0 radical (unpaired) electrons. The lowest BCUT2D eigenvalue weighted by Gasteiger charge is -2.12. The van der Waals surface area contributed by atoms with Gasteiger partial charge in [0.1, 0.15) is 5.75 Å². The highest BCUT2D eigenvalue weighted by Crippen LogP contribution is 2.30. The largest absolute Gasteiger partial charge is 0.495 e. The van der Waals surface area contributed by atoms with Crippen LogP contribution in [0.2, 0.25) is 0 Å². The molecule has 0 aromatic heterocycles. The summed E-state index contributed by atoms with van der Waals surface area (Å²) in [5.74, 6) is -1.50. The Kier molecular flexibility index (Phi) is 8.58. The lowest BCUT2D eigenvalue weighted by Crippen LogP contribution is -2.33. The summed E-state index contributed by atoms with van der Waals surface area (Å²) in [6, 6.07) is 18.4. The minimum Gasteiger partial charge on any atom is -0.495 e. The molecule has 0 saturated heterocycles. The fourth-order valence-corrected chi connectivity index (χ4v) is 3.38. The van der Waals surface area contributed by atoms with E-state index < -0.39 is 17.8 Å². The molecule has 0 fully saturated rings. The van der Waals surface area contributed by atoms with Gasteiger partial charge in [0.15, 0.2) is 11.5 Å². The van der Waals surface area contributed by atoms with Crippen molar-refractivity contribution in [1.82, 2.24) is 5.43 Å². The second kappa shape index (κ2) is 11.8. The second-order valence-electron chi connectivity index (χ2n) is 7.03. The maximum absolute atomic E-state index is 12.5. The van der Waals surface area contributed by atoms with E-state index in [9.17, 15) is 14.4 Å². The van der Waals surface area contributed by atoms with E-state index in [0.717, 1.165) is 0 Å². The Bertz CT molecular complexity index is 1290. The summed E-state index contributed by atoms with van der Waals surface area (Å²) in [4.78, 5) is 36.9. The molecule has 3 aromatic rings. The summed E-state index contributed by atoms with van der Waals surface area (Å²) >= 11 is 3.32. The molecule has 0 bridgehead atoms. The van der Waals surface area contributed by atoms with Crippen molar-refractivity contribution in [3.63, 3.8) is 0 Å². The van der Waals surface area contributed by atoms with Crippen LogP contribution in [0.1, 0.15) is 22.8 Å². The van der Waals surface area contributed by atoms with E-state index >= 15 is 0 Å². The molecule has 0 aliphatic carbocycles. The summed E-state index contributed by atoms with van der Waals surface area (Å²) in [6.45, 7) is 1.64. The SMILES string of the molecule is COc1ccccc1NC(=O)C(=O)NN=C(C)c1ccc(OC(=O)c2ccccc2Br)c(OC)c1. The normalized spacial score (nSPS) is 10.8. The van der Waals surface area contributed by atoms with E-state index in [1.54, 1.807) is 73.7 Å². The number of nitrogens with one attached hydrogen (secondary N) is 2. The zero-order valence-electron chi connectivity index (χ0n) is 19.1. The zero-order chi connectivity index (χ0) is 25.4. The Labute approximate surface area is 210 Å². The molecule has 0 aliphatic heterocycles. The number of anilines is 1. The molecule has 0 aliphatic rings. The number of hydrazone groups is 1. The van der Waals surface area contributed by atoms with Crippen LogP contribution in [0, 0.1) is 0 Å². The topological polar surface area (TPSA) is 115 Å². The number of rotatable bonds is 7. The molecule has 35 heavy (non-hydrogen) atoms. The van der Waals surface area contributed by atoms with E-state index in [4.69, 9.17) is 14.2 Å². The molecule has 0 atom stereocenters. The van der Waals surface area contributed by atoms with E-state index in [1.807, 2.05) is 0 Å². The van der Waals surface area contributed by atoms with E-state index in [0.29, 0.717) is 32.7 Å². The van der Waals surface area contributed by atoms with Gasteiger partial charge >= 0.3 is 17.8 Å². The van der Waals surface area contributed by atoms with Gasteiger partial charge in [0.25, 0.3) is 0 Å². The van der Waals surface area contributed by atoms with Crippen molar-refractivity contribution in [3.8, 4) is 17.2 Å². The molecule has 10 heteroatoms. The Hall–Kier alpha value is -4.18. The van der Waals surface area contributed by atoms with Gasteiger partial charge in [0, 0.05) is 10.0 Å². The summed E-state index contributed by atoms with van der Waals surface area (Å²) in [6.07, 6.45) is 0. The number of hydrogen-bond donors (Lipinski definition) is 2. The molecule has 180 valence electrons. The van der Waals surface area contributed by atoms with E-state index in [-0.39, 0.29) is 11.5 Å². The third-order valence-corrected chi connectivity index (χ3v) is 5.46. The number of hydrogen-bond acceptors (Lipinski definition) is 7. The van der Waals surface area contributed by atoms with Gasteiger partial charge in [-0.2, -0.15) is 5.10 Å². The number of methoxy groups -OCH3 is 2. The quantitative estimate of drug-likeness (QED) is 0.153. The zero-order valence-corrected chi connectivity index (χ0v) is 20.7. The number of carbonyl (C=O) groups excluding carboxylic acids is 3. The summed E-state index contributed by atoms with van der Waals surface area (Å²) < 4.78 is 16.6. The van der Waals surface area contributed by atoms with Gasteiger partial charge in [-0.25, -0.2) is 10.2 Å². The molecule has 0 heterocycles. The molecule has 2 amide bonds. The summed E-state index contributed by atoms with van der Waals surface area (Å²) in [5.41, 5.74) is 3.91. The van der Waals surface area contributed by atoms with Crippen molar-refractivity contribution in [2.75, 3.05) is 19.5 Å². The predicted octanol–water partition coefficient (Wildman–Crippen LogP) is 4.16. The van der Waals surface area contributed by atoms with Gasteiger partial charge in [-0.05, 0) is 65.3 Å². The first-order chi connectivity index (χ1) is 16.8. The highest BCUT2D eigenvalue weighted by Gasteiger charge is 2.17. The Morgan fingerprint density at radius 1 is 0.829 bits per heavy atom. The number of amides is 2. The number of esters is 1. The number of halogens is 1. The third kappa shape index (κ3) is 6.45. The van der Waals surface area contributed by atoms with Gasteiger partial charge in [-0.15, -0.1) is 0 Å². The number of para-hydroxylation sites is 2. The van der Waals surface area contributed by atoms with Crippen LogP contribution in [0.3, 0.4) is 0 Å². The van der Waals surface area contributed by atoms with Crippen molar-refractivity contribution in [2.45, 2.75) is 6.92 Å². The van der Waals surface area contributed by atoms with Crippen molar-refractivity contribution in [3.05, 3.63) is 82.3 Å². The Morgan fingerprint density at radius 3 is 2.23 bits per heavy atom. The standard InChI is InChI=1S/C25H22BrN3O6/c1-15(28-29-24(31)23(30)27-19-10-6-7-11-20(19)33-2)16-12-13-21(22(14-16)34-3)35-25(32)17-8-4-5-9-18(17)26/h4-14H,1-3H3,(H,27,30)(H,29,31). The first-order valence-corrected chi connectivity index (χ1v) is 11.1. The van der Waals surface area contributed by atoms with Gasteiger partial charge in [-0.3, -0.25) is 9.59 Å². The average molecular weight is 540 g/mol. The van der Waals surface area contributed by atoms with Crippen LogP contribution in [0.5, 0.6) is 17.2 Å². The van der Waals surface area contributed by atoms with E-state index in [2.05, 4.69) is 31.8 Å². The monoisotopic (exact) mass is 539 g/mol. The maximum Gasteiger partial charge on any atom is 0.344 e. The lowest BCUT2D eigenvalue weighted by molar-refractivity contribution is -0.136. The van der Waals surface area contributed by atoms with Crippen LogP contribution in [-0.4, -0.2) is 37.7 Å². The minimum absolute atomic E-state index is 0.213. The Balaban J connectivity index is 1.68. The van der Waals surface area contributed by atoms with Crippen molar-refractivity contribution >= 4 is 45.1 Å². The van der Waals surface area contributed by atoms with Crippen LogP contribution < -0.4 is 25.0 Å². The summed E-state index contributed by atoms with van der Waals surface area (Å²) in [5, 5.41) is 6.45. The van der Waals surface area contributed by atoms with Crippen LogP contribution in [0.15, 0.2) is 76.3 Å². The first-order valence-electron chi connectivity index (χ1n) is 10.3.